The predicted octanol–water partition coefficient (Wildman–Crippen LogP) is 7.17. The van der Waals surface area contributed by atoms with Gasteiger partial charge >= 0.3 is 12.1 Å². The van der Waals surface area contributed by atoms with Crippen LogP contribution in [0.4, 0.5) is 14.9 Å². The van der Waals surface area contributed by atoms with Crippen molar-refractivity contribution in [3.05, 3.63) is 56.0 Å². The molecule has 4 rings (SSSR count). The minimum Gasteiger partial charge on any atom is -0.489 e. The van der Waals surface area contributed by atoms with Crippen molar-refractivity contribution in [3.8, 4) is 5.75 Å². The molecule has 0 unspecified atom stereocenters. The third-order valence-corrected chi connectivity index (χ3v) is 7.05. The Bertz CT molecular complexity index is 1120. The maximum absolute atomic E-state index is 14.6. The van der Waals surface area contributed by atoms with Crippen molar-refractivity contribution in [2.45, 2.75) is 57.5 Å². The topological polar surface area (TPSA) is 104 Å². The van der Waals surface area contributed by atoms with Gasteiger partial charge in [0.25, 0.3) is 5.91 Å². The van der Waals surface area contributed by atoms with Gasteiger partial charge in [-0.25, -0.2) is 18.9 Å². The molecule has 0 aliphatic heterocycles. The van der Waals surface area contributed by atoms with Crippen LogP contribution in [0.25, 0.3) is 0 Å². The maximum Gasteiger partial charge on any atom is 0.419 e. The second-order valence-corrected chi connectivity index (χ2v) is 10.1. The van der Waals surface area contributed by atoms with E-state index in [-0.39, 0.29) is 45.8 Å². The van der Waals surface area contributed by atoms with Crippen molar-refractivity contribution in [1.82, 2.24) is 0 Å². The molecule has 0 spiro atoms. The summed E-state index contributed by atoms with van der Waals surface area (Å²) in [6, 6.07) is 5.78. The number of hydrogen-bond donors (Lipinski definition) is 2. The second-order valence-electron chi connectivity index (χ2n) is 8.07. The summed E-state index contributed by atoms with van der Waals surface area (Å²) in [5.41, 5.74) is -0.800. The summed E-state index contributed by atoms with van der Waals surface area (Å²) < 4.78 is 21.2. The van der Waals surface area contributed by atoms with E-state index in [0.717, 1.165) is 42.2 Å². The highest BCUT2D eigenvalue weighted by atomic mass is 35.5. The highest BCUT2D eigenvalue weighted by Gasteiger charge is 2.33. The zero-order chi connectivity index (χ0) is 25.5. The van der Waals surface area contributed by atoms with Crippen LogP contribution in [0.5, 0.6) is 5.75 Å². The first-order valence-corrected chi connectivity index (χ1v) is 12.7. The standard InChI is InChI=1S/C20H21ClFNO6.C4H3ClS/c21-14-9-15(22)16(10-17(14)29-11-5-1-2-6-11)23(20(27)28)18(24)12-7-3-4-8-13(12)19(25)26;5-4-2-1-3-6-4/h9-11H,1-8H2,(H,25,26)(H,27,28);1-3H. The highest BCUT2D eigenvalue weighted by Crippen LogP contribution is 2.37. The van der Waals surface area contributed by atoms with E-state index in [0.29, 0.717) is 12.8 Å². The Morgan fingerprint density at radius 3 is 2.20 bits per heavy atom. The normalized spacial score (nSPS) is 15.9. The summed E-state index contributed by atoms with van der Waals surface area (Å²) >= 11 is 13.1. The van der Waals surface area contributed by atoms with Crippen LogP contribution in [0.3, 0.4) is 0 Å². The number of halogens is 3. The van der Waals surface area contributed by atoms with E-state index >= 15 is 0 Å². The van der Waals surface area contributed by atoms with Crippen LogP contribution >= 0.6 is 34.5 Å². The number of hydrogen-bond acceptors (Lipinski definition) is 5. The van der Waals surface area contributed by atoms with Crippen molar-refractivity contribution >= 4 is 58.2 Å². The largest absolute Gasteiger partial charge is 0.489 e. The van der Waals surface area contributed by atoms with Crippen LogP contribution in [0.15, 0.2) is 40.8 Å². The second kappa shape index (κ2) is 12.4. The molecule has 2 aromatic rings. The number of carbonyl (C=O) groups is 3. The van der Waals surface area contributed by atoms with E-state index in [4.69, 9.17) is 27.9 Å². The summed E-state index contributed by atoms with van der Waals surface area (Å²) in [6.07, 6.45) is 3.16. The molecule has 2 aliphatic carbocycles. The van der Waals surface area contributed by atoms with Gasteiger partial charge in [-0.1, -0.05) is 23.2 Å². The number of benzene rings is 1. The summed E-state index contributed by atoms with van der Waals surface area (Å²) in [7, 11) is 0. The molecule has 0 radical (unpaired) electrons. The van der Waals surface area contributed by atoms with Crippen molar-refractivity contribution in [1.29, 1.82) is 0 Å². The van der Waals surface area contributed by atoms with Gasteiger partial charge in [-0.15, -0.1) is 11.3 Å². The molecule has 1 aromatic heterocycles. The number of amides is 2. The molecule has 2 N–H and O–H groups in total. The smallest absolute Gasteiger partial charge is 0.419 e. The van der Waals surface area contributed by atoms with Gasteiger partial charge in [0, 0.05) is 17.2 Å². The minimum absolute atomic E-state index is 0.0287. The van der Waals surface area contributed by atoms with Gasteiger partial charge in [-0.2, -0.15) is 0 Å². The number of ether oxygens (including phenoxy) is 1. The molecule has 1 fully saturated rings. The number of carboxylic acids is 1. The molecule has 0 atom stereocenters. The molecule has 11 heteroatoms. The molecule has 7 nitrogen and oxygen atoms in total. The van der Waals surface area contributed by atoms with Gasteiger partial charge in [0.2, 0.25) is 0 Å². The van der Waals surface area contributed by atoms with E-state index in [1.165, 1.54) is 0 Å². The van der Waals surface area contributed by atoms with E-state index in [1.54, 1.807) is 11.3 Å². The fraction of sp³-hybridized carbons (Fsp3) is 0.375. The quantitative estimate of drug-likeness (QED) is 0.414. The van der Waals surface area contributed by atoms with Gasteiger partial charge in [0.05, 0.1) is 21.2 Å². The molecule has 2 aliphatic rings. The first-order valence-electron chi connectivity index (χ1n) is 11.1. The number of aliphatic carboxylic acids is 1. The number of rotatable bonds is 5. The lowest BCUT2D eigenvalue weighted by Crippen LogP contribution is -2.39. The van der Waals surface area contributed by atoms with Crippen molar-refractivity contribution in [2.24, 2.45) is 0 Å². The first-order chi connectivity index (χ1) is 16.7. The third-order valence-electron chi connectivity index (χ3n) is 5.70. The van der Waals surface area contributed by atoms with E-state index in [2.05, 4.69) is 0 Å². The fourth-order valence-electron chi connectivity index (χ4n) is 4.04. The zero-order valence-electron chi connectivity index (χ0n) is 18.6. The van der Waals surface area contributed by atoms with Crippen LogP contribution in [-0.4, -0.2) is 34.3 Å². The molecule has 1 heterocycles. The van der Waals surface area contributed by atoms with Crippen LogP contribution < -0.4 is 9.64 Å². The predicted molar refractivity (Wildman–Crippen MR) is 132 cm³/mol. The van der Waals surface area contributed by atoms with Gasteiger partial charge in [0.15, 0.2) is 0 Å². The Labute approximate surface area is 215 Å². The molecule has 0 bridgehead atoms. The number of imide groups is 1. The molecular weight excluding hydrogens is 520 g/mol. The van der Waals surface area contributed by atoms with Crippen molar-refractivity contribution in [2.75, 3.05) is 4.90 Å². The Kier molecular flexibility index (Phi) is 9.54. The zero-order valence-corrected chi connectivity index (χ0v) is 21.0. The Balaban J connectivity index is 0.000000497. The number of carboxylic acid groups (broad SMARTS) is 2. The lowest BCUT2D eigenvalue weighted by Gasteiger charge is -2.24. The van der Waals surface area contributed by atoms with Crippen LogP contribution in [-0.2, 0) is 9.59 Å². The molecule has 188 valence electrons. The Hall–Kier alpha value is -2.62. The molecule has 35 heavy (non-hydrogen) atoms. The van der Waals surface area contributed by atoms with Gasteiger partial charge in [-0.05, 0) is 74.9 Å². The van der Waals surface area contributed by atoms with Crippen LogP contribution in [0, 0.1) is 5.82 Å². The molecule has 0 saturated heterocycles. The van der Waals surface area contributed by atoms with E-state index in [9.17, 15) is 29.0 Å². The summed E-state index contributed by atoms with van der Waals surface area (Å²) in [4.78, 5) is 36.5. The van der Waals surface area contributed by atoms with Crippen LogP contribution in [0.2, 0.25) is 9.36 Å². The molecular formula is C24H24Cl2FNO6S. The number of nitrogens with zero attached hydrogens (tertiary/aromatic N) is 1. The molecule has 2 amide bonds. The minimum atomic E-state index is -1.72. The maximum atomic E-state index is 14.6. The average molecular weight is 544 g/mol. The van der Waals surface area contributed by atoms with Crippen molar-refractivity contribution < 1.29 is 33.7 Å². The monoisotopic (exact) mass is 543 g/mol. The van der Waals surface area contributed by atoms with E-state index in [1.807, 2.05) is 17.5 Å². The fourth-order valence-corrected chi connectivity index (χ4v) is 4.90. The van der Waals surface area contributed by atoms with Gasteiger partial charge in [0.1, 0.15) is 11.6 Å². The summed E-state index contributed by atoms with van der Waals surface area (Å²) in [5.74, 6) is -3.27. The average Bonchev–Trinajstić information content (AvgIpc) is 3.51. The number of anilines is 1. The van der Waals surface area contributed by atoms with Crippen molar-refractivity contribution in [3.63, 3.8) is 0 Å². The highest BCUT2D eigenvalue weighted by molar-refractivity contribution is 7.14. The first kappa shape index (κ1) is 27.0. The number of carbonyl (C=O) groups excluding carboxylic acids is 1. The van der Waals surface area contributed by atoms with Gasteiger partial charge < -0.3 is 14.9 Å². The van der Waals surface area contributed by atoms with Crippen LogP contribution in [0.1, 0.15) is 51.4 Å². The Morgan fingerprint density at radius 1 is 1.03 bits per heavy atom. The summed E-state index contributed by atoms with van der Waals surface area (Å²) in [5, 5.41) is 20.9. The third kappa shape index (κ3) is 6.96. The summed E-state index contributed by atoms with van der Waals surface area (Å²) in [6.45, 7) is 0. The lowest BCUT2D eigenvalue weighted by molar-refractivity contribution is -0.133. The lowest BCUT2D eigenvalue weighted by atomic mass is 9.90. The Morgan fingerprint density at radius 2 is 1.69 bits per heavy atom. The molecule has 1 aromatic carbocycles. The van der Waals surface area contributed by atoms with Gasteiger partial charge in [-0.3, -0.25) is 4.79 Å². The molecule has 1 saturated carbocycles. The number of thiophene rings is 1. The SMILES string of the molecule is Clc1cccs1.O=C(O)C1=C(C(=O)N(C(=O)O)c2cc(OC3CCCC3)c(Cl)cc2F)CCCC1. The van der Waals surface area contributed by atoms with E-state index < -0.39 is 29.5 Å².